The smallest absolute Gasteiger partial charge is 0.306 e. The van der Waals surface area contributed by atoms with Crippen LogP contribution in [0.3, 0.4) is 0 Å². The fraction of sp³-hybridized carbons (Fsp3) is 0.766. The van der Waals surface area contributed by atoms with Crippen molar-refractivity contribution in [2.24, 2.45) is 0 Å². The second-order valence-corrected chi connectivity index (χ2v) is 27.1. The summed E-state index contributed by atoms with van der Waals surface area (Å²) in [5.74, 6) is -0.540. The number of quaternary nitrogens is 1. The molecule has 0 rings (SSSR count). The predicted octanol–water partition coefficient (Wildman–Crippen LogP) is 22.8. The summed E-state index contributed by atoms with van der Waals surface area (Å²) in [6.45, 7) is 6.73. The molecule has 0 saturated heterocycles. The maximum atomic E-state index is 13.6. The maximum absolute atomic E-state index is 13.6. The molecule has 0 aliphatic carbocycles. The quantitative estimate of drug-likeness (QED) is 0.0212. The Labute approximate surface area is 538 Å². The summed E-state index contributed by atoms with van der Waals surface area (Å²) in [5.41, 5.74) is 0. The van der Waals surface area contributed by atoms with Gasteiger partial charge in [0.25, 0.3) is 7.82 Å². The van der Waals surface area contributed by atoms with E-state index in [4.69, 9.17) is 13.8 Å². The number of phosphoric ester groups is 1. The van der Waals surface area contributed by atoms with Gasteiger partial charge in [0.1, 0.15) is 19.3 Å². The molecular formula is C77H139N2O7P. The molecule has 3 atom stereocenters. The molecule has 0 spiro atoms. The third-order valence-corrected chi connectivity index (χ3v) is 17.0. The van der Waals surface area contributed by atoms with Crippen molar-refractivity contribution >= 4 is 19.7 Å². The number of hydrogen-bond acceptors (Lipinski definition) is 7. The van der Waals surface area contributed by atoms with Gasteiger partial charge in [0, 0.05) is 12.8 Å². The third kappa shape index (κ3) is 67.2. The van der Waals surface area contributed by atoms with Gasteiger partial charge in [-0.25, -0.2) is 0 Å². The van der Waals surface area contributed by atoms with Gasteiger partial charge in [-0.05, 0) is 109 Å². The molecule has 0 heterocycles. The van der Waals surface area contributed by atoms with Crippen molar-refractivity contribution in [2.75, 3.05) is 40.9 Å². The Hall–Kier alpha value is -3.07. The van der Waals surface area contributed by atoms with E-state index in [1.165, 1.54) is 186 Å². The zero-order chi connectivity index (χ0) is 63.5. The van der Waals surface area contributed by atoms with Crippen LogP contribution in [-0.4, -0.2) is 69.4 Å². The molecule has 0 bridgehead atoms. The maximum Gasteiger partial charge on any atom is 0.306 e. The number of ether oxygens (including phenoxy) is 1. The van der Waals surface area contributed by atoms with E-state index in [9.17, 15) is 19.0 Å². The molecule has 0 aromatic heterocycles. The van der Waals surface area contributed by atoms with Crippen molar-refractivity contribution < 1.29 is 37.3 Å². The van der Waals surface area contributed by atoms with Crippen LogP contribution in [0, 0.1) is 0 Å². The van der Waals surface area contributed by atoms with Crippen molar-refractivity contribution in [3.8, 4) is 0 Å². The van der Waals surface area contributed by atoms with Crippen molar-refractivity contribution in [1.29, 1.82) is 0 Å². The molecule has 9 nitrogen and oxygen atoms in total. The van der Waals surface area contributed by atoms with E-state index in [1.54, 1.807) is 0 Å². The van der Waals surface area contributed by atoms with Crippen molar-refractivity contribution in [3.05, 3.63) is 97.2 Å². The predicted molar refractivity (Wildman–Crippen MR) is 376 cm³/mol. The van der Waals surface area contributed by atoms with Crippen LogP contribution in [0.15, 0.2) is 97.2 Å². The first-order valence-corrected chi connectivity index (χ1v) is 38.0. The van der Waals surface area contributed by atoms with Crippen LogP contribution < -0.4 is 10.2 Å². The lowest BCUT2D eigenvalue weighted by Crippen LogP contribution is -2.47. The van der Waals surface area contributed by atoms with E-state index < -0.39 is 26.6 Å². The zero-order valence-corrected chi connectivity index (χ0v) is 58.6. The molecule has 0 aromatic carbocycles. The first kappa shape index (κ1) is 83.9. The molecule has 3 unspecified atom stereocenters. The molecule has 1 amide bonds. The van der Waals surface area contributed by atoms with Crippen LogP contribution in [0.4, 0.5) is 0 Å². The lowest BCUT2D eigenvalue weighted by Gasteiger charge is -2.30. The number of hydrogen-bond donors (Lipinski definition) is 1. The molecule has 0 aromatic rings. The third-order valence-electron chi connectivity index (χ3n) is 16.0. The fourth-order valence-corrected chi connectivity index (χ4v) is 11.1. The molecule has 87 heavy (non-hydrogen) atoms. The minimum Gasteiger partial charge on any atom is -0.756 e. The highest BCUT2D eigenvalue weighted by atomic mass is 31.2. The number of allylic oxidation sites excluding steroid dienone is 15. The van der Waals surface area contributed by atoms with Crippen molar-refractivity contribution in [3.63, 3.8) is 0 Å². The van der Waals surface area contributed by atoms with Gasteiger partial charge in [-0.2, -0.15) is 0 Å². The van der Waals surface area contributed by atoms with Gasteiger partial charge in [0.2, 0.25) is 5.91 Å². The molecule has 0 fully saturated rings. The lowest BCUT2D eigenvalue weighted by atomic mass is 10.0. The van der Waals surface area contributed by atoms with Crippen LogP contribution in [0.5, 0.6) is 0 Å². The van der Waals surface area contributed by atoms with Gasteiger partial charge in [-0.3, -0.25) is 14.2 Å². The van der Waals surface area contributed by atoms with E-state index in [-0.39, 0.29) is 24.9 Å². The van der Waals surface area contributed by atoms with E-state index in [1.807, 2.05) is 33.3 Å². The van der Waals surface area contributed by atoms with Crippen LogP contribution in [0.1, 0.15) is 329 Å². The first-order chi connectivity index (χ1) is 42.4. The number of amides is 1. The minimum absolute atomic E-state index is 0.0257. The molecule has 504 valence electrons. The second-order valence-electron chi connectivity index (χ2n) is 25.7. The average Bonchev–Trinajstić information content (AvgIpc) is 3.70. The number of phosphoric acid groups is 1. The standard InChI is InChI=1S/C77H139N2O7P/c1-7-10-13-16-19-22-25-27-29-31-33-35-37-38-39-40-42-43-45-47-49-51-54-57-60-63-66-69-76(80)78-74(73-85-87(82,83)84-72-71-79(4,5)6)75(68-65-62-59-56-53-24-21-18-15-12-9-3)86-77(81)70-67-64-61-58-55-52-50-48-46-44-41-36-34-32-30-28-26-23-20-17-14-11-8-2/h10,13,19-20,22-23,27-30,33,35,38-39,65,68,74-75H,7-9,11-12,14-18,21,24-26,31-32,34,36-37,40-64,66-67,69-73H2,1-6H3,(H-,78,80,82,83)/b13-10-,22-19-,23-20-,29-27-,30-28-,35-33-,39-38-,68-65-. The summed E-state index contributed by atoms with van der Waals surface area (Å²) in [7, 11) is 1.18. The summed E-state index contributed by atoms with van der Waals surface area (Å²) < 4.78 is 30.5. The molecule has 0 aliphatic heterocycles. The SMILES string of the molecule is CC/C=C\C/C=C\C/C=C\C/C=C\C/C=C\CCCCCCCCCCCCCC(=O)NC(COP(=O)([O-])OCC[N+](C)(C)C)C(/C=C\CCCCCCCCCCC)OC(=O)CCCCCCCCCCCCCCC/C=C\C/C=C\CCCCC. The molecule has 0 saturated carbocycles. The Morgan fingerprint density at radius 2 is 0.736 bits per heavy atom. The minimum atomic E-state index is -4.71. The highest BCUT2D eigenvalue weighted by Crippen LogP contribution is 2.38. The van der Waals surface area contributed by atoms with Crippen molar-refractivity contribution in [1.82, 2.24) is 5.32 Å². The number of carbonyl (C=O) groups is 2. The van der Waals surface area contributed by atoms with Gasteiger partial charge in [-0.15, -0.1) is 0 Å². The summed E-state index contributed by atoms with van der Waals surface area (Å²) >= 11 is 0. The number of likely N-dealkylation sites (N-methyl/N-ethyl adjacent to an activating group) is 1. The van der Waals surface area contributed by atoms with Crippen molar-refractivity contribution in [2.45, 2.75) is 341 Å². The normalized spacial score (nSPS) is 14.1. The number of carbonyl (C=O) groups excluding carboxylic acids is 2. The molecule has 1 N–H and O–H groups in total. The molecule has 10 heteroatoms. The number of rotatable bonds is 66. The highest BCUT2D eigenvalue weighted by molar-refractivity contribution is 7.45. The van der Waals surface area contributed by atoms with E-state index in [0.717, 1.165) is 109 Å². The van der Waals surface area contributed by atoms with Gasteiger partial charge in [0.15, 0.2) is 0 Å². The zero-order valence-electron chi connectivity index (χ0n) is 57.7. The first-order valence-electron chi connectivity index (χ1n) is 36.5. The van der Waals surface area contributed by atoms with E-state index in [2.05, 4.69) is 111 Å². The Kier molecular flexibility index (Phi) is 63.5. The molecule has 0 radical (unpaired) electrons. The Bertz CT molecular complexity index is 1810. The number of esters is 1. The van der Waals surface area contributed by atoms with Gasteiger partial charge in [0.05, 0.1) is 33.8 Å². The summed E-state index contributed by atoms with van der Waals surface area (Å²) in [5, 5.41) is 3.04. The van der Waals surface area contributed by atoms with Crippen LogP contribution in [0.2, 0.25) is 0 Å². The largest absolute Gasteiger partial charge is 0.756 e. The Balaban J connectivity index is 4.98. The van der Waals surface area contributed by atoms with Crippen LogP contribution >= 0.6 is 7.82 Å². The van der Waals surface area contributed by atoms with E-state index in [0.29, 0.717) is 17.4 Å². The number of nitrogens with zero attached hydrogens (tertiary/aromatic N) is 1. The lowest BCUT2D eigenvalue weighted by molar-refractivity contribution is -0.870. The Morgan fingerprint density at radius 3 is 1.13 bits per heavy atom. The van der Waals surface area contributed by atoms with E-state index >= 15 is 0 Å². The number of unbranched alkanes of at least 4 members (excludes halogenated alkanes) is 36. The fourth-order valence-electron chi connectivity index (χ4n) is 10.4. The average molecular weight is 1240 g/mol. The summed E-state index contributed by atoms with van der Waals surface area (Å²) in [6, 6.07) is -0.895. The van der Waals surface area contributed by atoms with Gasteiger partial charge in [-0.1, -0.05) is 305 Å². The van der Waals surface area contributed by atoms with Gasteiger partial charge < -0.3 is 28.5 Å². The van der Waals surface area contributed by atoms with Gasteiger partial charge >= 0.3 is 5.97 Å². The number of nitrogens with one attached hydrogen (secondary N) is 1. The highest BCUT2D eigenvalue weighted by Gasteiger charge is 2.27. The van der Waals surface area contributed by atoms with Crippen LogP contribution in [-0.2, 0) is 27.9 Å². The topological polar surface area (TPSA) is 114 Å². The molecular weight excluding hydrogens is 1100 g/mol. The summed E-state index contributed by atoms with van der Waals surface area (Å²) in [4.78, 5) is 40.2. The van der Waals surface area contributed by atoms with Crippen LogP contribution in [0.25, 0.3) is 0 Å². The Morgan fingerprint density at radius 1 is 0.414 bits per heavy atom. The monoisotopic (exact) mass is 1240 g/mol. The second kappa shape index (κ2) is 65.9. The summed E-state index contributed by atoms with van der Waals surface area (Å²) in [6.07, 6.45) is 89.6. The molecule has 0 aliphatic rings.